The Balaban J connectivity index is 1.51. The average Bonchev–Trinajstić information content (AvgIpc) is 3.14. The van der Waals surface area contributed by atoms with Crippen molar-refractivity contribution >= 4 is 5.65 Å². The lowest BCUT2D eigenvalue weighted by atomic mass is 10.1. The third kappa shape index (κ3) is 2.96. The number of benzene rings is 1. The number of rotatable bonds is 3. The van der Waals surface area contributed by atoms with Crippen LogP contribution in [0.25, 0.3) is 17.0 Å². The predicted octanol–water partition coefficient (Wildman–Crippen LogP) is 2.88. The van der Waals surface area contributed by atoms with Crippen molar-refractivity contribution in [3.63, 3.8) is 0 Å². The van der Waals surface area contributed by atoms with Gasteiger partial charge in [-0.25, -0.2) is 18.9 Å². The van der Waals surface area contributed by atoms with E-state index in [0.717, 1.165) is 43.0 Å². The molecule has 1 aromatic carbocycles. The topological polar surface area (TPSA) is 59.2 Å². The smallest absolute Gasteiger partial charge is 0.185 e. The Bertz CT molecular complexity index is 1110. The van der Waals surface area contributed by atoms with Crippen LogP contribution in [0.3, 0.4) is 0 Å². The number of halogens is 1. The van der Waals surface area contributed by atoms with Crippen LogP contribution in [-0.4, -0.2) is 36.0 Å². The second kappa shape index (κ2) is 6.51. The molecule has 134 valence electrons. The molecule has 0 bridgehead atoms. The highest BCUT2D eigenvalue weighted by Crippen LogP contribution is 2.25. The maximum atomic E-state index is 14.1. The molecule has 0 N–H and O–H groups in total. The van der Waals surface area contributed by atoms with Gasteiger partial charge in [0.2, 0.25) is 0 Å². The molecule has 0 spiro atoms. The van der Waals surface area contributed by atoms with Crippen molar-refractivity contribution in [1.29, 1.82) is 0 Å². The molecule has 0 aliphatic carbocycles. The predicted molar refractivity (Wildman–Crippen MR) is 98.2 cm³/mol. The summed E-state index contributed by atoms with van der Waals surface area (Å²) >= 11 is 0. The Kier molecular flexibility index (Phi) is 3.86. The molecule has 0 radical (unpaired) electrons. The molecule has 5 rings (SSSR count). The minimum absolute atomic E-state index is 0.324. The lowest BCUT2D eigenvalue weighted by Crippen LogP contribution is -2.31. The van der Waals surface area contributed by atoms with Crippen LogP contribution in [0.5, 0.6) is 0 Å². The molecule has 0 saturated carbocycles. The third-order valence-electron chi connectivity index (χ3n) is 4.89. The lowest BCUT2D eigenvalue weighted by Gasteiger charge is -2.27. The minimum atomic E-state index is -0.324. The Morgan fingerprint density at radius 2 is 1.93 bits per heavy atom. The van der Waals surface area contributed by atoms with E-state index < -0.39 is 0 Å². The summed E-state index contributed by atoms with van der Waals surface area (Å²) in [5, 5.41) is 4.44. The highest BCUT2D eigenvalue weighted by molar-refractivity contribution is 5.61. The quantitative estimate of drug-likeness (QED) is 0.562. The van der Waals surface area contributed by atoms with Crippen LogP contribution >= 0.6 is 0 Å². The number of nitrogens with zero attached hydrogens (tertiary/aromatic N) is 6. The SMILES string of the molecule is Fc1ccccc1-c1nc2c3c(ncn2n1)CCN(Cc1ccncc1)C3. The molecule has 1 aliphatic heterocycles. The van der Waals surface area contributed by atoms with Crippen molar-refractivity contribution < 1.29 is 4.39 Å². The molecule has 6 nitrogen and oxygen atoms in total. The molecule has 0 atom stereocenters. The normalized spacial score (nSPS) is 14.4. The zero-order valence-electron chi connectivity index (χ0n) is 14.6. The first-order valence-corrected chi connectivity index (χ1v) is 8.87. The Morgan fingerprint density at radius 3 is 2.78 bits per heavy atom. The van der Waals surface area contributed by atoms with Gasteiger partial charge in [0, 0.05) is 44.0 Å². The van der Waals surface area contributed by atoms with Gasteiger partial charge in [-0.15, -0.1) is 5.10 Å². The van der Waals surface area contributed by atoms with Crippen LogP contribution in [0.1, 0.15) is 16.8 Å². The lowest BCUT2D eigenvalue weighted by molar-refractivity contribution is 0.244. The Labute approximate surface area is 155 Å². The number of pyridine rings is 1. The second-order valence-corrected chi connectivity index (χ2v) is 6.67. The van der Waals surface area contributed by atoms with Gasteiger partial charge in [0.25, 0.3) is 0 Å². The standard InChI is InChI=1S/C20H17FN6/c21-17-4-2-1-3-15(17)19-24-20-16-12-26(11-14-5-8-22-9-6-14)10-7-18(16)23-13-27(20)25-19/h1-6,8-9,13H,7,10-12H2. The van der Waals surface area contributed by atoms with E-state index in [9.17, 15) is 4.39 Å². The zero-order valence-corrected chi connectivity index (χ0v) is 14.6. The van der Waals surface area contributed by atoms with Gasteiger partial charge in [0.1, 0.15) is 12.1 Å². The summed E-state index contributed by atoms with van der Waals surface area (Å²) in [5.74, 6) is 0.0594. The van der Waals surface area contributed by atoms with Crippen LogP contribution < -0.4 is 0 Å². The molecule has 4 heterocycles. The van der Waals surface area contributed by atoms with E-state index in [0.29, 0.717) is 11.4 Å². The van der Waals surface area contributed by atoms with E-state index in [4.69, 9.17) is 0 Å². The molecule has 0 amide bonds. The van der Waals surface area contributed by atoms with Crippen LogP contribution in [0.15, 0.2) is 55.1 Å². The molecule has 1 aliphatic rings. The monoisotopic (exact) mass is 360 g/mol. The molecular weight excluding hydrogens is 343 g/mol. The molecule has 0 unspecified atom stereocenters. The van der Waals surface area contributed by atoms with E-state index in [1.165, 1.54) is 11.6 Å². The molecule has 3 aromatic heterocycles. The number of hydrogen-bond acceptors (Lipinski definition) is 5. The third-order valence-corrected chi connectivity index (χ3v) is 4.89. The molecule has 0 saturated heterocycles. The van der Waals surface area contributed by atoms with E-state index in [-0.39, 0.29) is 5.82 Å². The van der Waals surface area contributed by atoms with Crippen molar-refractivity contribution in [2.24, 2.45) is 0 Å². The van der Waals surface area contributed by atoms with Crippen LogP contribution in [0.4, 0.5) is 4.39 Å². The van der Waals surface area contributed by atoms with Crippen molar-refractivity contribution in [2.45, 2.75) is 19.5 Å². The molecule has 27 heavy (non-hydrogen) atoms. The zero-order chi connectivity index (χ0) is 18.2. The Morgan fingerprint density at radius 1 is 1.07 bits per heavy atom. The van der Waals surface area contributed by atoms with E-state index in [1.807, 2.05) is 24.5 Å². The van der Waals surface area contributed by atoms with Gasteiger partial charge in [-0.2, -0.15) is 0 Å². The van der Waals surface area contributed by atoms with E-state index >= 15 is 0 Å². The first-order chi connectivity index (χ1) is 13.3. The van der Waals surface area contributed by atoms with Crippen molar-refractivity contribution in [2.75, 3.05) is 6.54 Å². The van der Waals surface area contributed by atoms with Crippen molar-refractivity contribution in [3.05, 3.63) is 77.8 Å². The molecule has 4 aromatic rings. The maximum Gasteiger partial charge on any atom is 0.185 e. The Hall–Kier alpha value is -3.19. The van der Waals surface area contributed by atoms with Gasteiger partial charge in [0.05, 0.1) is 11.3 Å². The van der Waals surface area contributed by atoms with Gasteiger partial charge in [-0.3, -0.25) is 9.88 Å². The van der Waals surface area contributed by atoms with Gasteiger partial charge >= 0.3 is 0 Å². The van der Waals surface area contributed by atoms with Crippen molar-refractivity contribution in [1.82, 2.24) is 29.5 Å². The molecular formula is C20H17FN6. The van der Waals surface area contributed by atoms with Gasteiger partial charge in [-0.1, -0.05) is 12.1 Å². The summed E-state index contributed by atoms with van der Waals surface area (Å²) in [6, 6.07) is 10.6. The number of fused-ring (bicyclic) bond motifs is 3. The second-order valence-electron chi connectivity index (χ2n) is 6.67. The van der Waals surface area contributed by atoms with Gasteiger partial charge in [0.15, 0.2) is 11.5 Å². The highest BCUT2D eigenvalue weighted by Gasteiger charge is 2.22. The summed E-state index contributed by atoms with van der Waals surface area (Å²) in [5.41, 5.74) is 4.48. The van der Waals surface area contributed by atoms with Crippen LogP contribution in [-0.2, 0) is 19.5 Å². The van der Waals surface area contributed by atoms with Crippen LogP contribution in [0.2, 0.25) is 0 Å². The highest BCUT2D eigenvalue weighted by atomic mass is 19.1. The number of aromatic nitrogens is 5. The largest absolute Gasteiger partial charge is 0.294 e. The maximum absolute atomic E-state index is 14.1. The fourth-order valence-corrected chi connectivity index (χ4v) is 3.52. The molecule has 7 heteroatoms. The summed E-state index contributed by atoms with van der Waals surface area (Å²) < 4.78 is 15.8. The average molecular weight is 360 g/mol. The van der Waals surface area contributed by atoms with Gasteiger partial charge < -0.3 is 0 Å². The van der Waals surface area contributed by atoms with E-state index in [1.54, 1.807) is 29.0 Å². The van der Waals surface area contributed by atoms with Crippen molar-refractivity contribution in [3.8, 4) is 11.4 Å². The number of hydrogen-bond donors (Lipinski definition) is 0. The first kappa shape index (κ1) is 16.0. The fourth-order valence-electron chi connectivity index (χ4n) is 3.52. The summed E-state index contributed by atoms with van der Waals surface area (Å²) in [7, 11) is 0. The minimum Gasteiger partial charge on any atom is -0.294 e. The fraction of sp³-hybridized carbons (Fsp3) is 0.200. The van der Waals surface area contributed by atoms with Crippen LogP contribution in [0, 0.1) is 5.82 Å². The first-order valence-electron chi connectivity index (χ1n) is 8.87. The summed E-state index contributed by atoms with van der Waals surface area (Å²) in [6.45, 7) is 2.52. The summed E-state index contributed by atoms with van der Waals surface area (Å²) in [6.07, 6.45) is 6.15. The van der Waals surface area contributed by atoms with E-state index in [2.05, 4.69) is 25.0 Å². The summed E-state index contributed by atoms with van der Waals surface area (Å²) in [4.78, 5) is 15.6. The van der Waals surface area contributed by atoms with Gasteiger partial charge in [-0.05, 0) is 29.8 Å². The molecule has 0 fully saturated rings.